The van der Waals surface area contributed by atoms with Crippen LogP contribution in [0, 0.1) is 0 Å². The summed E-state index contributed by atoms with van der Waals surface area (Å²) in [5, 5.41) is 27.0. The number of aliphatic carboxylic acids is 1. The van der Waals surface area contributed by atoms with Crippen molar-refractivity contribution >= 4 is 33.7 Å². The van der Waals surface area contributed by atoms with Crippen LogP contribution < -0.4 is 15.4 Å². The van der Waals surface area contributed by atoms with Crippen molar-refractivity contribution in [3.63, 3.8) is 0 Å². The van der Waals surface area contributed by atoms with Crippen LogP contribution in [0.25, 0.3) is 0 Å². The molecule has 1 unspecified atom stereocenters. The summed E-state index contributed by atoms with van der Waals surface area (Å²) in [5.41, 5.74) is 0. The van der Waals surface area contributed by atoms with E-state index in [2.05, 4.69) is 31.3 Å². The first-order chi connectivity index (χ1) is 15.6. The van der Waals surface area contributed by atoms with Crippen molar-refractivity contribution in [2.75, 3.05) is 12.3 Å². The molecule has 1 heterocycles. The molecule has 33 heavy (non-hydrogen) atoms. The summed E-state index contributed by atoms with van der Waals surface area (Å²) in [6.45, 7) is 2.01. The third kappa shape index (κ3) is 13.1. The Morgan fingerprint density at radius 2 is 1.73 bits per heavy atom. The number of nitrogens with one attached hydrogen (secondary N) is 4. The molecule has 1 atom stereocenters. The number of hydrogen-bond acceptors (Lipinski definition) is 9. The van der Waals surface area contributed by atoms with Gasteiger partial charge in [0.25, 0.3) is 0 Å². The van der Waals surface area contributed by atoms with Gasteiger partial charge in [-0.2, -0.15) is 0 Å². The zero-order valence-corrected chi connectivity index (χ0v) is 19.3. The number of hydrogen-bond donors (Lipinski definition) is 5. The highest BCUT2D eigenvalue weighted by Gasteiger charge is 2.18. The number of carbonyl (C=O) groups excluding carboxylic acids is 3. The molecule has 15 heteroatoms. The van der Waals surface area contributed by atoms with Crippen molar-refractivity contribution in [1.29, 1.82) is 0 Å². The van der Waals surface area contributed by atoms with Crippen LogP contribution in [-0.2, 0) is 35.6 Å². The fraction of sp³-hybridized carbons (Fsp3) is 0.722. The Labute approximate surface area is 191 Å². The van der Waals surface area contributed by atoms with E-state index in [-0.39, 0.29) is 43.9 Å². The van der Waals surface area contributed by atoms with Crippen LogP contribution in [0.2, 0.25) is 0 Å². The van der Waals surface area contributed by atoms with E-state index in [0.29, 0.717) is 37.9 Å². The highest BCUT2D eigenvalue weighted by Crippen LogP contribution is 2.01. The maximum absolute atomic E-state index is 11.9. The average Bonchev–Trinajstić information content (AvgIpc) is 3.23. The predicted molar refractivity (Wildman–Crippen MR) is 115 cm³/mol. The third-order valence-corrected chi connectivity index (χ3v) is 5.77. The molecule has 0 spiro atoms. The smallest absolute Gasteiger partial charge is 0.326 e. The van der Waals surface area contributed by atoms with Gasteiger partial charge in [-0.1, -0.05) is 13.3 Å². The molecule has 0 aliphatic rings. The van der Waals surface area contributed by atoms with Gasteiger partial charge >= 0.3 is 5.97 Å². The number of aryl methyl sites for hydroxylation is 1. The van der Waals surface area contributed by atoms with Crippen molar-refractivity contribution in [1.82, 2.24) is 36.0 Å². The number of tetrazole rings is 1. The summed E-state index contributed by atoms with van der Waals surface area (Å²) in [4.78, 5) is 46.4. The van der Waals surface area contributed by atoms with Crippen molar-refractivity contribution in [3.8, 4) is 0 Å². The predicted octanol–water partition coefficient (Wildman–Crippen LogP) is -0.985. The molecule has 3 amide bonds. The van der Waals surface area contributed by atoms with Gasteiger partial charge in [-0.05, 0) is 36.1 Å². The number of aromatic nitrogens is 4. The van der Waals surface area contributed by atoms with Gasteiger partial charge in [0.2, 0.25) is 27.7 Å². The van der Waals surface area contributed by atoms with Gasteiger partial charge in [0, 0.05) is 32.2 Å². The van der Waals surface area contributed by atoms with E-state index in [0.717, 1.165) is 0 Å². The second-order valence-electron chi connectivity index (χ2n) is 7.35. The van der Waals surface area contributed by atoms with Crippen LogP contribution in [0.3, 0.4) is 0 Å². The average molecular weight is 490 g/mol. The summed E-state index contributed by atoms with van der Waals surface area (Å²) in [5.74, 6) is -2.41. The lowest BCUT2D eigenvalue weighted by atomic mass is 10.1. The van der Waals surface area contributed by atoms with Crippen LogP contribution in [0.1, 0.15) is 64.1 Å². The van der Waals surface area contributed by atoms with Crippen LogP contribution >= 0.6 is 0 Å². The van der Waals surface area contributed by atoms with Gasteiger partial charge < -0.3 is 15.7 Å². The van der Waals surface area contributed by atoms with Crippen molar-refractivity contribution < 1.29 is 32.7 Å². The van der Waals surface area contributed by atoms with Crippen LogP contribution in [-0.4, -0.2) is 76.2 Å². The second-order valence-corrected chi connectivity index (χ2v) is 9.19. The molecule has 1 aromatic rings. The first kappa shape index (κ1) is 27.9. The van der Waals surface area contributed by atoms with E-state index in [1.807, 2.05) is 11.6 Å². The molecule has 0 aromatic carbocycles. The SMILES string of the molecule is CCCC(NC(=O)CCCNC(=O)CCCS(=O)(=O)NC(=O)CCCc1nnn[nH]1)C(=O)O. The number of rotatable bonds is 17. The molecule has 5 N–H and O–H groups in total. The maximum atomic E-state index is 11.9. The molecule has 186 valence electrons. The number of aromatic amines is 1. The minimum absolute atomic E-state index is 0.0142. The molecule has 14 nitrogen and oxygen atoms in total. The summed E-state index contributed by atoms with van der Waals surface area (Å²) in [6, 6.07) is -0.926. The molecule has 0 fully saturated rings. The second kappa shape index (κ2) is 14.9. The molecule has 1 aromatic heterocycles. The molecule has 0 saturated heterocycles. The number of amides is 3. The minimum atomic E-state index is -3.85. The normalized spacial score (nSPS) is 12.0. The van der Waals surface area contributed by atoms with Gasteiger partial charge in [0.1, 0.15) is 11.9 Å². The van der Waals surface area contributed by atoms with Crippen molar-refractivity contribution in [2.45, 2.75) is 70.8 Å². The van der Waals surface area contributed by atoms with Gasteiger partial charge in [-0.25, -0.2) is 18.3 Å². The lowest BCUT2D eigenvalue weighted by molar-refractivity contribution is -0.142. The summed E-state index contributed by atoms with van der Waals surface area (Å²) >= 11 is 0. The zero-order chi connectivity index (χ0) is 24.7. The Kier molecular flexibility index (Phi) is 12.6. The third-order valence-electron chi connectivity index (χ3n) is 4.41. The summed E-state index contributed by atoms with van der Waals surface area (Å²) in [6.07, 6.45) is 2.05. The molecule has 1 rings (SSSR count). The van der Waals surface area contributed by atoms with E-state index in [1.54, 1.807) is 0 Å². The lowest BCUT2D eigenvalue weighted by Crippen LogP contribution is -2.40. The standard InChI is InChI=1S/C18H31N7O7S/c1-2-6-13(18(29)30)20-16(27)9-4-11-19-15(26)10-5-12-33(31,32)23-17(28)8-3-7-14-21-24-25-22-14/h13H,2-12H2,1H3,(H,19,26)(H,20,27)(H,23,28)(H,29,30)(H,21,22,24,25). The lowest BCUT2D eigenvalue weighted by Gasteiger charge is -2.13. The molecule has 0 bridgehead atoms. The number of carboxylic acid groups (broad SMARTS) is 1. The monoisotopic (exact) mass is 489 g/mol. The Balaban J connectivity index is 2.15. The largest absolute Gasteiger partial charge is 0.480 e. The summed E-state index contributed by atoms with van der Waals surface area (Å²) < 4.78 is 25.8. The molecule has 0 saturated carbocycles. The van der Waals surface area contributed by atoms with E-state index in [1.165, 1.54) is 0 Å². The van der Waals surface area contributed by atoms with E-state index in [4.69, 9.17) is 5.11 Å². The fourth-order valence-electron chi connectivity index (χ4n) is 2.78. The number of sulfonamides is 1. The van der Waals surface area contributed by atoms with Crippen LogP contribution in [0.15, 0.2) is 0 Å². The highest BCUT2D eigenvalue weighted by atomic mass is 32.2. The Bertz CT molecular complexity index is 875. The van der Waals surface area contributed by atoms with Crippen LogP contribution in [0.5, 0.6) is 0 Å². The number of H-pyrrole nitrogens is 1. The van der Waals surface area contributed by atoms with E-state index < -0.39 is 33.8 Å². The quantitative estimate of drug-likeness (QED) is 0.168. The van der Waals surface area contributed by atoms with Crippen molar-refractivity contribution in [2.24, 2.45) is 0 Å². The van der Waals surface area contributed by atoms with Gasteiger partial charge in [-0.3, -0.25) is 19.1 Å². The molecule has 0 aliphatic heterocycles. The zero-order valence-electron chi connectivity index (χ0n) is 18.5. The van der Waals surface area contributed by atoms with Gasteiger partial charge in [0.05, 0.1) is 5.75 Å². The fourth-order valence-corrected chi connectivity index (χ4v) is 3.85. The minimum Gasteiger partial charge on any atom is -0.480 e. The number of nitrogens with zero attached hydrogens (tertiary/aromatic N) is 3. The Hall–Kier alpha value is -3.10. The maximum Gasteiger partial charge on any atom is 0.326 e. The first-order valence-corrected chi connectivity index (χ1v) is 12.3. The highest BCUT2D eigenvalue weighted by molar-refractivity contribution is 7.90. The Morgan fingerprint density at radius 3 is 2.36 bits per heavy atom. The molecule has 0 aliphatic carbocycles. The Morgan fingerprint density at radius 1 is 1.03 bits per heavy atom. The number of carboxylic acids is 1. The topological polar surface area (TPSA) is 213 Å². The van der Waals surface area contributed by atoms with Crippen molar-refractivity contribution in [3.05, 3.63) is 5.82 Å². The van der Waals surface area contributed by atoms with Gasteiger partial charge in [-0.15, -0.1) is 5.10 Å². The van der Waals surface area contributed by atoms with E-state index >= 15 is 0 Å². The van der Waals surface area contributed by atoms with Gasteiger partial charge in [0.15, 0.2) is 0 Å². The molecular formula is C18H31N7O7S. The first-order valence-electron chi connectivity index (χ1n) is 10.7. The molecular weight excluding hydrogens is 458 g/mol. The number of carbonyl (C=O) groups is 4. The molecule has 0 radical (unpaired) electrons. The summed E-state index contributed by atoms with van der Waals surface area (Å²) in [7, 11) is -3.85. The van der Waals surface area contributed by atoms with E-state index in [9.17, 15) is 27.6 Å². The van der Waals surface area contributed by atoms with Crippen LogP contribution in [0.4, 0.5) is 0 Å².